The molecule has 176 valence electrons. The van der Waals surface area contributed by atoms with Gasteiger partial charge in [-0.2, -0.15) is 0 Å². The Morgan fingerprint density at radius 3 is 2.72 bits per heavy atom. The van der Waals surface area contributed by atoms with Crippen molar-refractivity contribution in [2.45, 2.75) is 65.6 Å². The standard InChI is InChI=1S/C23H33N5O3.HI/c1-4-20-19(21(5-2)31-28-20)14-26-23(24-6-3)25-13-16-8-7-9-18(12-16)30-15-22(29)27-17-10-11-17;/h7-9,12,17H,4-6,10-11,13-15H2,1-3H3,(H,27,29)(H2,24,25,26);1H. The predicted octanol–water partition coefficient (Wildman–Crippen LogP) is 3.33. The zero-order chi connectivity index (χ0) is 22.1. The second-order valence-electron chi connectivity index (χ2n) is 7.56. The maximum Gasteiger partial charge on any atom is 0.258 e. The lowest BCUT2D eigenvalue weighted by atomic mass is 10.1. The van der Waals surface area contributed by atoms with Gasteiger partial charge < -0.3 is 25.2 Å². The number of guanidine groups is 1. The molecule has 2 aromatic rings. The van der Waals surface area contributed by atoms with Crippen LogP contribution >= 0.6 is 24.0 Å². The van der Waals surface area contributed by atoms with Gasteiger partial charge in [0.05, 0.1) is 12.2 Å². The highest BCUT2D eigenvalue weighted by Gasteiger charge is 2.23. The molecule has 1 aromatic carbocycles. The minimum atomic E-state index is -0.0730. The van der Waals surface area contributed by atoms with Crippen LogP contribution in [0.3, 0.4) is 0 Å². The maximum absolute atomic E-state index is 11.8. The molecule has 0 spiro atoms. The third kappa shape index (κ3) is 7.99. The summed E-state index contributed by atoms with van der Waals surface area (Å²) >= 11 is 0. The first-order valence-corrected chi connectivity index (χ1v) is 11.1. The molecule has 1 fully saturated rings. The minimum absolute atomic E-state index is 0. The molecule has 1 aliphatic rings. The lowest BCUT2D eigenvalue weighted by Gasteiger charge is -2.12. The van der Waals surface area contributed by atoms with Crippen LogP contribution in [0.1, 0.15) is 56.2 Å². The number of hydrogen-bond donors (Lipinski definition) is 3. The van der Waals surface area contributed by atoms with Gasteiger partial charge in [-0.25, -0.2) is 4.99 Å². The second kappa shape index (κ2) is 13.3. The first-order valence-electron chi connectivity index (χ1n) is 11.1. The van der Waals surface area contributed by atoms with E-state index in [1.807, 2.05) is 31.2 Å². The summed E-state index contributed by atoms with van der Waals surface area (Å²) in [5.74, 6) is 2.23. The Balaban J connectivity index is 0.00000363. The molecule has 1 heterocycles. The van der Waals surface area contributed by atoms with E-state index in [2.05, 4.69) is 39.9 Å². The van der Waals surface area contributed by atoms with Gasteiger partial charge in [-0.3, -0.25) is 4.79 Å². The van der Waals surface area contributed by atoms with Crippen molar-refractivity contribution in [3.63, 3.8) is 0 Å². The number of hydrogen-bond acceptors (Lipinski definition) is 5. The number of amides is 1. The van der Waals surface area contributed by atoms with E-state index in [1.165, 1.54) is 0 Å². The van der Waals surface area contributed by atoms with Crippen LogP contribution in [0.15, 0.2) is 33.8 Å². The lowest BCUT2D eigenvalue weighted by Crippen LogP contribution is -2.37. The first-order chi connectivity index (χ1) is 15.1. The molecule has 0 saturated heterocycles. The number of halogens is 1. The summed E-state index contributed by atoms with van der Waals surface area (Å²) in [5, 5.41) is 13.7. The molecular weight excluding hydrogens is 521 g/mol. The third-order valence-corrected chi connectivity index (χ3v) is 5.01. The maximum atomic E-state index is 11.8. The monoisotopic (exact) mass is 555 g/mol. The predicted molar refractivity (Wildman–Crippen MR) is 135 cm³/mol. The Hall–Kier alpha value is -2.30. The molecule has 1 aromatic heterocycles. The van der Waals surface area contributed by atoms with Crippen LogP contribution in [-0.4, -0.2) is 36.2 Å². The molecule has 1 saturated carbocycles. The van der Waals surface area contributed by atoms with E-state index >= 15 is 0 Å². The van der Waals surface area contributed by atoms with E-state index in [0.717, 1.165) is 60.8 Å². The zero-order valence-corrected chi connectivity index (χ0v) is 21.4. The Morgan fingerprint density at radius 1 is 1.22 bits per heavy atom. The summed E-state index contributed by atoms with van der Waals surface area (Å²) in [6.45, 7) is 8.07. The smallest absolute Gasteiger partial charge is 0.258 e. The minimum Gasteiger partial charge on any atom is -0.484 e. The molecule has 1 amide bonds. The van der Waals surface area contributed by atoms with Gasteiger partial charge in [0, 0.05) is 31.1 Å². The second-order valence-corrected chi connectivity index (χ2v) is 7.56. The van der Waals surface area contributed by atoms with Gasteiger partial charge in [0.25, 0.3) is 5.91 Å². The molecule has 0 bridgehead atoms. The quantitative estimate of drug-likeness (QED) is 0.224. The van der Waals surface area contributed by atoms with Gasteiger partial charge in [0.15, 0.2) is 12.6 Å². The van der Waals surface area contributed by atoms with Crippen molar-refractivity contribution < 1.29 is 14.1 Å². The van der Waals surface area contributed by atoms with Gasteiger partial charge in [-0.05, 0) is 43.9 Å². The number of aliphatic imine (C=N–C) groups is 1. The first kappa shape index (κ1) is 26.0. The third-order valence-electron chi connectivity index (χ3n) is 5.01. The average Bonchev–Trinajstić information content (AvgIpc) is 3.50. The van der Waals surface area contributed by atoms with Crippen LogP contribution in [-0.2, 0) is 30.7 Å². The van der Waals surface area contributed by atoms with Crippen molar-refractivity contribution in [2.75, 3.05) is 13.2 Å². The van der Waals surface area contributed by atoms with Crippen molar-refractivity contribution in [3.8, 4) is 5.75 Å². The van der Waals surface area contributed by atoms with Crippen LogP contribution in [0, 0.1) is 0 Å². The summed E-state index contributed by atoms with van der Waals surface area (Å²) in [5.41, 5.74) is 3.09. The van der Waals surface area contributed by atoms with Crippen LogP contribution in [0.5, 0.6) is 5.75 Å². The van der Waals surface area contributed by atoms with Gasteiger partial charge in [0.2, 0.25) is 0 Å². The van der Waals surface area contributed by atoms with Crippen molar-refractivity contribution >= 4 is 35.8 Å². The molecule has 0 radical (unpaired) electrons. The van der Waals surface area contributed by atoms with Crippen LogP contribution in [0.2, 0.25) is 0 Å². The molecular formula is C23H34IN5O3. The van der Waals surface area contributed by atoms with E-state index in [4.69, 9.17) is 9.26 Å². The highest BCUT2D eigenvalue weighted by Crippen LogP contribution is 2.19. The average molecular weight is 555 g/mol. The highest BCUT2D eigenvalue weighted by atomic mass is 127. The number of benzene rings is 1. The summed E-state index contributed by atoms with van der Waals surface area (Å²) < 4.78 is 11.1. The largest absolute Gasteiger partial charge is 0.484 e. The summed E-state index contributed by atoms with van der Waals surface area (Å²) in [6, 6.07) is 8.02. The van der Waals surface area contributed by atoms with Crippen LogP contribution in [0.25, 0.3) is 0 Å². The fraction of sp³-hybridized carbons (Fsp3) is 0.522. The molecule has 0 aliphatic heterocycles. The number of ether oxygens (including phenoxy) is 1. The lowest BCUT2D eigenvalue weighted by molar-refractivity contribution is -0.123. The molecule has 3 rings (SSSR count). The van der Waals surface area contributed by atoms with E-state index in [1.54, 1.807) is 0 Å². The van der Waals surface area contributed by atoms with Crippen molar-refractivity contribution in [1.29, 1.82) is 0 Å². The molecule has 0 unspecified atom stereocenters. The van der Waals surface area contributed by atoms with E-state index in [0.29, 0.717) is 24.9 Å². The number of carbonyl (C=O) groups excluding carboxylic acids is 1. The van der Waals surface area contributed by atoms with Crippen LogP contribution < -0.4 is 20.7 Å². The Morgan fingerprint density at radius 2 is 2.03 bits per heavy atom. The summed E-state index contributed by atoms with van der Waals surface area (Å²) in [6.07, 6.45) is 3.78. The molecule has 32 heavy (non-hydrogen) atoms. The molecule has 3 N–H and O–H groups in total. The fourth-order valence-corrected chi connectivity index (χ4v) is 3.20. The fourth-order valence-electron chi connectivity index (χ4n) is 3.20. The van der Waals surface area contributed by atoms with Gasteiger partial charge >= 0.3 is 0 Å². The SMILES string of the molecule is CCNC(=NCc1cccc(OCC(=O)NC2CC2)c1)NCc1c(CC)noc1CC.I. The Kier molecular flexibility index (Phi) is 10.8. The zero-order valence-electron chi connectivity index (χ0n) is 19.1. The van der Waals surface area contributed by atoms with Gasteiger partial charge in [0.1, 0.15) is 11.5 Å². The molecule has 0 atom stereocenters. The Labute approximate surface area is 207 Å². The number of aromatic nitrogens is 1. The van der Waals surface area contributed by atoms with Crippen LogP contribution in [0.4, 0.5) is 0 Å². The Bertz CT molecular complexity index is 874. The molecule has 8 nitrogen and oxygen atoms in total. The molecule has 1 aliphatic carbocycles. The summed E-state index contributed by atoms with van der Waals surface area (Å²) in [4.78, 5) is 16.5. The van der Waals surface area contributed by atoms with Gasteiger partial charge in [-0.15, -0.1) is 24.0 Å². The normalized spacial score (nSPS) is 13.3. The van der Waals surface area contributed by atoms with Gasteiger partial charge in [-0.1, -0.05) is 31.1 Å². The number of carbonyl (C=O) groups is 1. The number of aryl methyl sites for hydroxylation is 2. The van der Waals surface area contributed by atoms with Crippen molar-refractivity contribution in [3.05, 3.63) is 46.8 Å². The van der Waals surface area contributed by atoms with E-state index < -0.39 is 0 Å². The van der Waals surface area contributed by atoms with E-state index in [-0.39, 0.29) is 36.5 Å². The highest BCUT2D eigenvalue weighted by molar-refractivity contribution is 14.0. The van der Waals surface area contributed by atoms with Crippen molar-refractivity contribution in [1.82, 2.24) is 21.1 Å². The van der Waals surface area contributed by atoms with E-state index in [9.17, 15) is 4.79 Å². The topological polar surface area (TPSA) is 101 Å². The number of rotatable bonds is 11. The van der Waals surface area contributed by atoms with Crippen molar-refractivity contribution in [2.24, 2.45) is 4.99 Å². The number of nitrogens with one attached hydrogen (secondary N) is 3. The summed E-state index contributed by atoms with van der Waals surface area (Å²) in [7, 11) is 0. The number of nitrogens with zero attached hydrogens (tertiary/aromatic N) is 2. The molecule has 9 heteroatoms.